The highest BCUT2D eigenvalue weighted by Crippen LogP contribution is 2.23. The molecule has 0 bridgehead atoms. The minimum atomic E-state index is -1.58. The highest BCUT2D eigenvalue weighted by Gasteiger charge is 2.40. The third kappa shape index (κ3) is 31.4. The van der Waals surface area contributed by atoms with Gasteiger partial charge in [-0.05, 0) is 119 Å². The van der Waals surface area contributed by atoms with Gasteiger partial charge in [0.25, 0.3) is 0 Å². The fourth-order valence-electron chi connectivity index (χ4n) is 14.1. The Bertz CT molecular complexity index is 4890. The average molecular weight is 1740 g/mol. The number of thioether (sulfide) groups is 1. The van der Waals surface area contributed by atoms with Gasteiger partial charge in [0.2, 0.25) is 82.7 Å². The van der Waals surface area contributed by atoms with Gasteiger partial charge < -0.3 is 106 Å². The molecule has 0 spiro atoms. The maximum atomic E-state index is 15.7. The number of nitrogens with one attached hydrogen (secondary N) is 15. The van der Waals surface area contributed by atoms with Crippen molar-refractivity contribution in [1.29, 1.82) is 5.41 Å². The van der Waals surface area contributed by atoms with Crippen LogP contribution in [0.5, 0.6) is 17.2 Å². The summed E-state index contributed by atoms with van der Waals surface area (Å²) in [6.45, 7) is 8.78. The summed E-state index contributed by atoms with van der Waals surface area (Å²) < 4.78 is 0. The zero-order chi connectivity index (χ0) is 91.0. The highest BCUT2D eigenvalue weighted by atomic mass is 32.2. The number of aromatic nitrogens is 1. The number of para-hydroxylation sites is 1. The van der Waals surface area contributed by atoms with Crippen molar-refractivity contribution in [2.75, 3.05) is 38.2 Å². The molecule has 1 aliphatic heterocycles. The Morgan fingerprint density at radius 2 is 0.888 bits per heavy atom. The molecule has 125 heavy (non-hydrogen) atoms. The lowest BCUT2D eigenvalue weighted by atomic mass is 9.98. The molecule has 1 aromatic heterocycles. The SMILES string of the molecule is CC(C)C[C@@H]1NC(=O)[C@H](Cc2ccc(O)cc2)NC(=O)[C@H](Cc2ccccc2)NC(=O)CSC[C@@H](C(=O)NCC(N)=O)NC(=O)[C@H](CC(C)C)NC(=O)[C@H](Cc2ccccc2)N(C)C(=O)[C@H](Cc2ccc(O)cc2)NC(=O)[C@H](Cc2c[nH]c3ccccc23)NC(=O)CNC(=O)[C@H](Cc2ccc(O)cc2)NC(=O)[C@H](CCCNC(=N)N)NC(=O)[C@H](C(C)C)NC1=O. The van der Waals surface area contributed by atoms with E-state index in [1.807, 2.05) is 0 Å². The molecule has 0 saturated carbocycles. The summed E-state index contributed by atoms with van der Waals surface area (Å²) in [5.74, 6) is -15.7. The number of phenols is 3. The van der Waals surface area contributed by atoms with Crippen LogP contribution in [0.3, 0.4) is 0 Å². The Kier molecular flexibility index (Phi) is 37.0. The number of aromatic amines is 1. The minimum absolute atomic E-state index is 0.0182. The molecule has 22 N–H and O–H groups in total. The van der Waals surface area contributed by atoms with Crippen LogP contribution in [0.4, 0.5) is 0 Å². The number of hydrogen-bond donors (Lipinski definition) is 20. The number of primary amides is 1. The van der Waals surface area contributed by atoms with Crippen molar-refractivity contribution in [2.45, 2.75) is 172 Å². The van der Waals surface area contributed by atoms with Crippen molar-refractivity contribution in [2.24, 2.45) is 29.2 Å². The van der Waals surface area contributed by atoms with Crippen LogP contribution in [-0.4, -0.2) is 219 Å². The predicted octanol–water partition coefficient (Wildman–Crippen LogP) is 1.19. The third-order valence-electron chi connectivity index (χ3n) is 20.6. The first-order valence-corrected chi connectivity index (χ1v) is 42.5. The molecule has 0 aliphatic carbocycles. The molecule has 1 saturated heterocycles. The Labute approximate surface area is 728 Å². The van der Waals surface area contributed by atoms with Crippen molar-refractivity contribution < 1.29 is 82.4 Å². The van der Waals surface area contributed by atoms with Gasteiger partial charge in [0.15, 0.2) is 5.96 Å². The molecule has 35 nitrogen and oxygen atoms in total. The van der Waals surface area contributed by atoms with Crippen LogP contribution >= 0.6 is 11.8 Å². The first-order valence-electron chi connectivity index (χ1n) is 41.3. The molecule has 2 heterocycles. The number of amides is 14. The van der Waals surface area contributed by atoms with Crippen LogP contribution in [0.25, 0.3) is 10.9 Å². The van der Waals surface area contributed by atoms with E-state index in [2.05, 4.69) is 74.1 Å². The molecule has 36 heteroatoms. The minimum Gasteiger partial charge on any atom is -0.508 e. The van der Waals surface area contributed by atoms with Crippen molar-refractivity contribution in [3.05, 3.63) is 197 Å². The zero-order valence-corrected chi connectivity index (χ0v) is 71.7. The summed E-state index contributed by atoms with van der Waals surface area (Å²) in [6.07, 6.45) is 0.000494. The van der Waals surface area contributed by atoms with Crippen LogP contribution < -0.4 is 80.6 Å². The Balaban J connectivity index is 1.22. The first kappa shape index (κ1) is 96.9. The second-order valence-corrected chi connectivity index (χ2v) is 33.1. The van der Waals surface area contributed by atoms with E-state index in [0.717, 1.165) is 16.7 Å². The zero-order valence-electron chi connectivity index (χ0n) is 70.8. The van der Waals surface area contributed by atoms with Gasteiger partial charge in [-0.1, -0.05) is 157 Å². The number of rotatable bonds is 24. The van der Waals surface area contributed by atoms with E-state index in [0.29, 0.717) is 44.3 Å². The quantitative estimate of drug-likeness (QED) is 0.0229. The van der Waals surface area contributed by atoms with E-state index in [9.17, 15) is 53.7 Å². The molecule has 1 aliphatic rings. The van der Waals surface area contributed by atoms with Crippen molar-refractivity contribution >= 4 is 111 Å². The van der Waals surface area contributed by atoms with Crippen LogP contribution in [0.15, 0.2) is 164 Å². The summed E-state index contributed by atoms with van der Waals surface area (Å²) in [6, 6.07) is 24.8. The number of guanidine groups is 1. The maximum absolute atomic E-state index is 15.7. The van der Waals surface area contributed by atoms with E-state index in [4.69, 9.17) is 16.9 Å². The monoisotopic (exact) mass is 1740 g/mol. The van der Waals surface area contributed by atoms with Crippen molar-refractivity contribution in [3.8, 4) is 17.2 Å². The second-order valence-electron chi connectivity index (χ2n) is 32.1. The molecule has 668 valence electrons. The summed E-state index contributed by atoms with van der Waals surface area (Å²) in [5.41, 5.74) is 14.6. The molecular formula is C89H114N18O17S. The first-order chi connectivity index (χ1) is 59.5. The van der Waals surface area contributed by atoms with E-state index in [1.54, 1.807) is 133 Å². The molecule has 0 unspecified atom stereocenters. The van der Waals surface area contributed by atoms with Gasteiger partial charge in [0.05, 0.1) is 18.8 Å². The Morgan fingerprint density at radius 3 is 1.41 bits per heavy atom. The normalized spacial score (nSPS) is 21.6. The number of phenolic OH excluding ortho intramolecular Hbond substituents is 3. The number of nitrogens with zero attached hydrogens (tertiary/aromatic N) is 1. The molecule has 8 rings (SSSR count). The van der Waals surface area contributed by atoms with E-state index >= 15 is 28.8 Å². The van der Waals surface area contributed by atoms with Crippen LogP contribution in [0.2, 0.25) is 0 Å². The molecule has 14 amide bonds. The highest BCUT2D eigenvalue weighted by molar-refractivity contribution is 8.00. The van der Waals surface area contributed by atoms with Crippen molar-refractivity contribution in [1.82, 2.24) is 79.0 Å². The van der Waals surface area contributed by atoms with Crippen LogP contribution in [-0.2, 0) is 106 Å². The standard InChI is InChI=1S/C89H114N18O17S/c1-50(2)37-65-81(117)105-72(79(115)95-46-74(90)111)48-125-49-76(113)98-68(39-53-17-10-8-11-18-53)82(118)102-69(41-56-26-32-60(109)33-27-56)83(119)100-66(38-51(3)4)85(121)106-77(52(5)6)87(123)99-64(23-16-36-93-89(91)92)80(116)101-67(40-55-24-30-59(108)31-25-55)78(114)96-47-75(112)97-70(44-58-45-94-63-22-15-14-21-62(58)63)84(120)104-71(42-57-28-34-61(110)35-29-57)88(124)107(7)73(86(122)103-65)43-54-19-12-9-13-20-54/h8-15,17-22,24-35,45,50-52,64-73,77,94,108-110H,16,23,36-44,46-49H2,1-7H3,(H2,90,111)(H,95,115)(H,96,114)(H,97,112)(H,98,113)(H,99,123)(H,100,119)(H,101,116)(H,102,118)(H,103,122)(H,104,120)(H,105,117)(H,106,121)(H4,91,92,93)/t64-,65-,66-,67-,68-,69-,70-,71-,72-,73-,77-/m0/s1. The topological polar surface area (TPSA) is 551 Å². The number of carbonyl (C=O) groups is 14. The van der Waals surface area contributed by atoms with Crippen LogP contribution in [0.1, 0.15) is 101 Å². The summed E-state index contributed by atoms with van der Waals surface area (Å²) >= 11 is 0.828. The predicted molar refractivity (Wildman–Crippen MR) is 469 cm³/mol. The Hall–Kier alpha value is -13.5. The van der Waals surface area contributed by atoms with Gasteiger partial charge in [-0.25, -0.2) is 0 Å². The smallest absolute Gasteiger partial charge is 0.245 e. The fourth-order valence-corrected chi connectivity index (χ4v) is 14.9. The number of carbonyl (C=O) groups excluding carboxylic acids is 14. The second kappa shape index (κ2) is 47.8. The Morgan fingerprint density at radius 1 is 0.464 bits per heavy atom. The lowest BCUT2D eigenvalue weighted by Gasteiger charge is -2.33. The molecule has 11 atom stereocenters. The number of likely N-dealkylation sites (N-methyl/N-ethyl adjacent to an activating group) is 1. The van der Waals surface area contributed by atoms with Crippen LogP contribution in [0, 0.1) is 23.2 Å². The van der Waals surface area contributed by atoms with E-state index < -0.39 is 180 Å². The van der Waals surface area contributed by atoms with Crippen molar-refractivity contribution in [3.63, 3.8) is 0 Å². The molecule has 0 radical (unpaired) electrons. The lowest BCUT2D eigenvalue weighted by molar-refractivity contribution is -0.143. The molecule has 1 fully saturated rings. The number of hydrogen-bond acceptors (Lipinski definition) is 19. The fraction of sp³-hybridized carbons (Fsp3) is 0.404. The number of H-pyrrole nitrogens is 1. The van der Waals surface area contributed by atoms with Gasteiger partial charge in [0, 0.05) is 75.0 Å². The summed E-state index contributed by atoms with van der Waals surface area (Å²) in [7, 11) is 1.32. The van der Waals surface area contributed by atoms with Gasteiger partial charge in [0.1, 0.15) is 83.7 Å². The third-order valence-corrected chi connectivity index (χ3v) is 21.7. The molecule has 6 aromatic carbocycles. The lowest BCUT2D eigenvalue weighted by Crippen LogP contribution is -2.61. The maximum Gasteiger partial charge on any atom is 0.245 e. The van der Waals surface area contributed by atoms with Gasteiger partial charge in [-0.3, -0.25) is 72.5 Å². The van der Waals surface area contributed by atoms with Gasteiger partial charge in [-0.2, -0.15) is 0 Å². The largest absolute Gasteiger partial charge is 0.508 e. The van der Waals surface area contributed by atoms with E-state index in [1.165, 1.54) is 79.8 Å². The van der Waals surface area contributed by atoms with Gasteiger partial charge >= 0.3 is 0 Å². The molecule has 7 aromatic rings. The summed E-state index contributed by atoms with van der Waals surface area (Å²) in [5, 5.41) is 74.6. The average Bonchev–Trinajstić information content (AvgIpc) is 1.76. The number of benzene rings is 6. The summed E-state index contributed by atoms with van der Waals surface area (Å²) in [4.78, 5) is 211. The number of nitrogens with two attached hydrogens (primary N) is 2. The molecular weight excluding hydrogens is 1630 g/mol. The van der Waals surface area contributed by atoms with E-state index in [-0.39, 0.29) is 106 Å². The van der Waals surface area contributed by atoms with Gasteiger partial charge in [-0.15, -0.1) is 11.8 Å². The number of aromatic hydroxyl groups is 3. The number of fused-ring (bicyclic) bond motifs is 1.